The fourth-order valence-corrected chi connectivity index (χ4v) is 0.330. The molecular formula is C11H29NO. The highest BCUT2D eigenvalue weighted by Crippen LogP contribution is 1.77. The summed E-state index contributed by atoms with van der Waals surface area (Å²) in [6.07, 6.45) is 3.72. The van der Waals surface area contributed by atoms with Gasteiger partial charge in [0.1, 0.15) is 0 Å². The van der Waals surface area contributed by atoms with Crippen LogP contribution in [-0.4, -0.2) is 19.8 Å². The third-order valence-corrected chi connectivity index (χ3v) is 1.11. The molecule has 0 aromatic rings. The van der Waals surface area contributed by atoms with E-state index in [0.717, 1.165) is 13.0 Å². The van der Waals surface area contributed by atoms with Crippen molar-refractivity contribution in [1.82, 2.24) is 0 Å². The van der Waals surface area contributed by atoms with Crippen LogP contribution in [0.1, 0.15) is 53.9 Å². The van der Waals surface area contributed by atoms with Gasteiger partial charge in [0.25, 0.3) is 0 Å². The van der Waals surface area contributed by atoms with Crippen molar-refractivity contribution in [3.63, 3.8) is 0 Å². The molecule has 0 aliphatic carbocycles. The van der Waals surface area contributed by atoms with Crippen LogP contribution in [0.25, 0.3) is 0 Å². The van der Waals surface area contributed by atoms with Crippen LogP contribution in [0.4, 0.5) is 0 Å². The average Bonchev–Trinajstić information content (AvgIpc) is 2.22. The fourth-order valence-electron chi connectivity index (χ4n) is 0.330. The number of rotatable bonds is 5. The number of hydrogen-bond donors (Lipinski definition) is 1. The van der Waals surface area contributed by atoms with Crippen LogP contribution in [0.5, 0.6) is 0 Å². The summed E-state index contributed by atoms with van der Waals surface area (Å²) in [5, 5.41) is 0. The van der Waals surface area contributed by atoms with Crippen LogP contribution in [0.3, 0.4) is 0 Å². The molecule has 0 bridgehead atoms. The SMILES string of the molecule is CC.CCCC.CCCOCCN. The second kappa shape index (κ2) is 29.7. The third kappa shape index (κ3) is 48.5. The number of hydrogen-bond acceptors (Lipinski definition) is 2. The van der Waals surface area contributed by atoms with E-state index in [1.54, 1.807) is 0 Å². The smallest absolute Gasteiger partial charge is 0.0588 e. The van der Waals surface area contributed by atoms with E-state index >= 15 is 0 Å². The molecule has 0 spiro atoms. The van der Waals surface area contributed by atoms with Crippen LogP contribution in [0, 0.1) is 0 Å². The summed E-state index contributed by atoms with van der Waals surface area (Å²) in [6, 6.07) is 0. The lowest BCUT2D eigenvalue weighted by Gasteiger charge is -1.95. The summed E-state index contributed by atoms with van der Waals surface area (Å²) in [6.45, 7) is 12.6. The van der Waals surface area contributed by atoms with E-state index in [-0.39, 0.29) is 0 Å². The second-order valence-corrected chi connectivity index (χ2v) is 2.40. The predicted octanol–water partition coefficient (Wildman–Crippen LogP) is 3.20. The molecule has 0 rings (SSSR count). The lowest BCUT2D eigenvalue weighted by molar-refractivity contribution is 0.142. The molecule has 0 atom stereocenters. The van der Waals surface area contributed by atoms with E-state index in [1.807, 2.05) is 13.8 Å². The van der Waals surface area contributed by atoms with Gasteiger partial charge < -0.3 is 10.5 Å². The molecule has 0 heterocycles. The third-order valence-electron chi connectivity index (χ3n) is 1.11. The maximum atomic E-state index is 5.14. The Morgan fingerprint density at radius 3 is 1.54 bits per heavy atom. The first-order valence-corrected chi connectivity index (χ1v) is 5.61. The van der Waals surface area contributed by atoms with Gasteiger partial charge in [-0.05, 0) is 6.42 Å². The molecule has 84 valence electrons. The van der Waals surface area contributed by atoms with Gasteiger partial charge in [-0.15, -0.1) is 0 Å². The molecule has 2 nitrogen and oxygen atoms in total. The highest BCUT2D eigenvalue weighted by atomic mass is 16.5. The van der Waals surface area contributed by atoms with Crippen molar-refractivity contribution < 1.29 is 4.74 Å². The zero-order chi connectivity index (χ0) is 10.9. The highest BCUT2D eigenvalue weighted by molar-refractivity contribution is 4.29. The Bertz CT molecular complexity index is 43.4. The minimum Gasteiger partial charge on any atom is -0.380 e. The molecule has 0 saturated heterocycles. The van der Waals surface area contributed by atoms with E-state index in [1.165, 1.54) is 12.8 Å². The molecule has 0 aromatic heterocycles. The highest BCUT2D eigenvalue weighted by Gasteiger charge is 1.77. The van der Waals surface area contributed by atoms with E-state index in [0.29, 0.717) is 13.2 Å². The summed E-state index contributed by atoms with van der Waals surface area (Å²) in [4.78, 5) is 0. The first-order valence-electron chi connectivity index (χ1n) is 5.61. The first kappa shape index (κ1) is 18.7. The second-order valence-electron chi connectivity index (χ2n) is 2.40. The quantitative estimate of drug-likeness (QED) is 0.677. The summed E-state index contributed by atoms with van der Waals surface area (Å²) in [7, 11) is 0. The van der Waals surface area contributed by atoms with Gasteiger partial charge in [0, 0.05) is 13.2 Å². The Morgan fingerprint density at radius 1 is 0.846 bits per heavy atom. The largest absolute Gasteiger partial charge is 0.380 e. The molecule has 0 radical (unpaired) electrons. The van der Waals surface area contributed by atoms with Gasteiger partial charge in [0.2, 0.25) is 0 Å². The molecule has 0 aromatic carbocycles. The first-order chi connectivity index (χ1) is 6.33. The zero-order valence-electron chi connectivity index (χ0n) is 10.2. The van der Waals surface area contributed by atoms with Gasteiger partial charge in [0.15, 0.2) is 0 Å². The molecule has 2 heteroatoms. The van der Waals surface area contributed by atoms with Crippen LogP contribution in [0.15, 0.2) is 0 Å². The zero-order valence-corrected chi connectivity index (χ0v) is 10.2. The van der Waals surface area contributed by atoms with Gasteiger partial charge in [0.05, 0.1) is 6.61 Å². The van der Waals surface area contributed by atoms with Gasteiger partial charge in [-0.3, -0.25) is 0 Å². The van der Waals surface area contributed by atoms with Crippen LogP contribution in [0.2, 0.25) is 0 Å². The van der Waals surface area contributed by atoms with E-state index in [9.17, 15) is 0 Å². The number of unbranched alkanes of at least 4 members (excludes halogenated alkanes) is 1. The van der Waals surface area contributed by atoms with Crippen molar-refractivity contribution in [2.24, 2.45) is 5.73 Å². The molecule has 2 N–H and O–H groups in total. The minimum absolute atomic E-state index is 0.639. The minimum atomic E-state index is 0.639. The number of nitrogens with two attached hydrogens (primary N) is 1. The normalized spacial score (nSPS) is 7.85. The van der Waals surface area contributed by atoms with Crippen molar-refractivity contribution in [3.05, 3.63) is 0 Å². The van der Waals surface area contributed by atoms with Crippen molar-refractivity contribution in [2.75, 3.05) is 19.8 Å². The Hall–Kier alpha value is -0.0800. The average molecular weight is 191 g/mol. The Labute approximate surface area is 84.9 Å². The summed E-state index contributed by atoms with van der Waals surface area (Å²) < 4.78 is 5.01. The standard InChI is InChI=1S/C5H13NO.C4H10.C2H6/c1-2-4-7-5-3-6;1-3-4-2;1-2/h2-6H2,1H3;3-4H2,1-2H3;1-2H3. The summed E-state index contributed by atoms with van der Waals surface area (Å²) >= 11 is 0. The monoisotopic (exact) mass is 191 g/mol. The molecule has 0 aliphatic heterocycles. The topological polar surface area (TPSA) is 35.2 Å². The van der Waals surface area contributed by atoms with Gasteiger partial charge in [-0.1, -0.05) is 47.5 Å². The van der Waals surface area contributed by atoms with E-state index in [4.69, 9.17) is 10.5 Å². The van der Waals surface area contributed by atoms with E-state index < -0.39 is 0 Å². The molecule has 0 aliphatic rings. The molecule has 0 saturated carbocycles. The Kier molecular flexibility index (Phi) is 42.6. The molecule has 0 fully saturated rings. The lowest BCUT2D eigenvalue weighted by atomic mass is 10.4. The predicted molar refractivity (Wildman–Crippen MR) is 62.1 cm³/mol. The van der Waals surface area contributed by atoms with Crippen LogP contribution >= 0.6 is 0 Å². The lowest BCUT2D eigenvalue weighted by Crippen LogP contribution is -2.08. The molecule has 13 heavy (non-hydrogen) atoms. The van der Waals surface area contributed by atoms with Crippen LogP contribution < -0.4 is 5.73 Å². The van der Waals surface area contributed by atoms with Crippen molar-refractivity contribution in [2.45, 2.75) is 53.9 Å². The van der Waals surface area contributed by atoms with Crippen molar-refractivity contribution in [1.29, 1.82) is 0 Å². The maximum Gasteiger partial charge on any atom is 0.0588 e. The maximum absolute atomic E-state index is 5.14. The number of ether oxygens (including phenoxy) is 1. The Balaban J connectivity index is -0.000000142. The Morgan fingerprint density at radius 2 is 1.31 bits per heavy atom. The van der Waals surface area contributed by atoms with E-state index in [2.05, 4.69) is 20.8 Å². The van der Waals surface area contributed by atoms with Crippen molar-refractivity contribution in [3.8, 4) is 0 Å². The van der Waals surface area contributed by atoms with Gasteiger partial charge >= 0.3 is 0 Å². The summed E-state index contributed by atoms with van der Waals surface area (Å²) in [5.41, 5.74) is 5.14. The van der Waals surface area contributed by atoms with Gasteiger partial charge in [-0.25, -0.2) is 0 Å². The molecule has 0 unspecified atom stereocenters. The van der Waals surface area contributed by atoms with Crippen LogP contribution in [-0.2, 0) is 4.74 Å². The summed E-state index contributed by atoms with van der Waals surface area (Å²) in [5.74, 6) is 0. The molecule has 0 amide bonds. The molecular weight excluding hydrogens is 162 g/mol. The fraction of sp³-hybridized carbons (Fsp3) is 1.00. The van der Waals surface area contributed by atoms with Crippen molar-refractivity contribution >= 4 is 0 Å². The van der Waals surface area contributed by atoms with Gasteiger partial charge in [-0.2, -0.15) is 0 Å².